The van der Waals surface area contributed by atoms with Crippen molar-refractivity contribution >= 4 is 23.5 Å². The van der Waals surface area contributed by atoms with Gasteiger partial charge in [0.1, 0.15) is 6.04 Å². The molecule has 0 bridgehead atoms. The molecule has 0 unspecified atom stereocenters. The maximum atomic E-state index is 12.3. The molecule has 1 aliphatic heterocycles. The lowest BCUT2D eigenvalue weighted by Crippen LogP contribution is -2.40. The molecule has 102 valence electrons. The summed E-state index contributed by atoms with van der Waals surface area (Å²) in [5.41, 5.74) is 1.17. The van der Waals surface area contributed by atoms with Gasteiger partial charge in [-0.25, -0.2) is 4.79 Å². The highest BCUT2D eigenvalue weighted by molar-refractivity contribution is 6.31. The van der Waals surface area contributed by atoms with E-state index in [1.165, 1.54) is 11.0 Å². The zero-order chi connectivity index (χ0) is 14.2. The van der Waals surface area contributed by atoms with E-state index in [1.54, 1.807) is 12.1 Å². The number of amides is 1. The first kappa shape index (κ1) is 13.8. The largest absolute Gasteiger partial charge is 0.480 e. The second kappa shape index (κ2) is 5.19. The first-order chi connectivity index (χ1) is 8.90. The number of aryl methyl sites for hydroxylation is 1. The van der Waals surface area contributed by atoms with Crippen LogP contribution in [0.25, 0.3) is 0 Å². The van der Waals surface area contributed by atoms with E-state index in [2.05, 4.69) is 0 Å². The Morgan fingerprint density at radius 2 is 2.11 bits per heavy atom. The summed E-state index contributed by atoms with van der Waals surface area (Å²) >= 11 is 5.96. The molecule has 2 atom stereocenters. The number of rotatable bonds is 2. The number of aliphatic carboxylic acids is 1. The number of aliphatic hydroxyl groups excluding tert-OH is 1. The average Bonchev–Trinajstić information content (AvgIpc) is 2.74. The Kier molecular flexibility index (Phi) is 3.78. The number of β-amino-alcohol motifs (C(OH)–C–C–N with tert-alkyl or cyclic N) is 1. The number of carbonyl (C=O) groups excluding carboxylic acids is 1. The van der Waals surface area contributed by atoms with Crippen LogP contribution in [0.15, 0.2) is 18.2 Å². The molecule has 1 aromatic carbocycles. The van der Waals surface area contributed by atoms with Crippen molar-refractivity contribution in [2.75, 3.05) is 6.54 Å². The molecular weight excluding hydrogens is 270 g/mol. The molecule has 19 heavy (non-hydrogen) atoms. The van der Waals surface area contributed by atoms with Gasteiger partial charge >= 0.3 is 5.97 Å². The molecule has 0 radical (unpaired) electrons. The molecule has 1 amide bonds. The number of nitrogens with zero attached hydrogens (tertiary/aromatic N) is 1. The van der Waals surface area contributed by atoms with E-state index in [4.69, 9.17) is 16.7 Å². The van der Waals surface area contributed by atoms with Gasteiger partial charge in [-0.3, -0.25) is 4.79 Å². The standard InChI is InChI=1S/C13H14ClNO4/c1-7-2-3-8(4-10(7)14)12(17)15-6-9(16)5-11(15)13(18)19/h2-4,9,11,16H,5-6H2,1H3,(H,18,19)/t9-,11-/m0/s1. The maximum Gasteiger partial charge on any atom is 0.326 e. The van der Waals surface area contributed by atoms with Gasteiger partial charge in [-0.15, -0.1) is 0 Å². The predicted octanol–water partition coefficient (Wildman–Crippen LogP) is 1.31. The maximum absolute atomic E-state index is 12.3. The molecule has 1 fully saturated rings. The zero-order valence-corrected chi connectivity index (χ0v) is 11.1. The van der Waals surface area contributed by atoms with Gasteiger partial charge in [-0.05, 0) is 24.6 Å². The fourth-order valence-electron chi connectivity index (χ4n) is 2.16. The highest BCUT2D eigenvalue weighted by Gasteiger charge is 2.39. The molecule has 5 nitrogen and oxygen atoms in total. The van der Waals surface area contributed by atoms with Gasteiger partial charge in [-0.1, -0.05) is 17.7 Å². The number of hydrogen-bond donors (Lipinski definition) is 2. The topological polar surface area (TPSA) is 77.8 Å². The van der Waals surface area contributed by atoms with Crippen LogP contribution in [0.2, 0.25) is 5.02 Å². The molecule has 6 heteroatoms. The minimum Gasteiger partial charge on any atom is -0.480 e. The number of carbonyl (C=O) groups is 2. The highest BCUT2D eigenvalue weighted by atomic mass is 35.5. The van der Waals surface area contributed by atoms with E-state index >= 15 is 0 Å². The Balaban J connectivity index is 2.27. The summed E-state index contributed by atoms with van der Waals surface area (Å²) in [6, 6.07) is 3.84. The normalized spacial score (nSPS) is 22.6. The van der Waals surface area contributed by atoms with E-state index < -0.39 is 24.0 Å². The van der Waals surface area contributed by atoms with Crippen molar-refractivity contribution in [3.8, 4) is 0 Å². The summed E-state index contributed by atoms with van der Waals surface area (Å²) < 4.78 is 0. The number of halogens is 1. The molecule has 2 N–H and O–H groups in total. The van der Waals surface area contributed by atoms with Gasteiger partial charge < -0.3 is 15.1 Å². The Morgan fingerprint density at radius 1 is 1.42 bits per heavy atom. The second-order valence-corrected chi connectivity index (χ2v) is 5.07. The van der Waals surface area contributed by atoms with E-state index in [-0.39, 0.29) is 13.0 Å². The summed E-state index contributed by atoms with van der Waals surface area (Å²) in [6.07, 6.45) is -0.744. The Labute approximate surface area is 115 Å². The first-order valence-electron chi connectivity index (χ1n) is 5.88. The molecule has 1 heterocycles. The van der Waals surface area contributed by atoms with Crippen molar-refractivity contribution in [2.24, 2.45) is 0 Å². The van der Waals surface area contributed by atoms with E-state index in [9.17, 15) is 14.7 Å². The third kappa shape index (κ3) is 2.72. The van der Waals surface area contributed by atoms with Gasteiger partial charge in [0.05, 0.1) is 6.10 Å². The summed E-state index contributed by atoms with van der Waals surface area (Å²) in [4.78, 5) is 24.5. The van der Waals surface area contributed by atoms with Crippen molar-refractivity contribution in [1.82, 2.24) is 4.90 Å². The second-order valence-electron chi connectivity index (χ2n) is 4.67. The van der Waals surface area contributed by atoms with Crippen molar-refractivity contribution in [3.63, 3.8) is 0 Å². The lowest BCUT2D eigenvalue weighted by atomic mass is 10.1. The molecular formula is C13H14ClNO4. The summed E-state index contributed by atoms with van der Waals surface area (Å²) in [6.45, 7) is 1.84. The molecule has 0 aromatic heterocycles. The number of aliphatic hydroxyl groups is 1. The molecule has 0 aliphatic carbocycles. The van der Waals surface area contributed by atoms with Crippen LogP contribution in [0.3, 0.4) is 0 Å². The third-order valence-corrected chi connectivity index (χ3v) is 3.65. The van der Waals surface area contributed by atoms with Crippen molar-refractivity contribution in [1.29, 1.82) is 0 Å². The summed E-state index contributed by atoms with van der Waals surface area (Å²) in [5, 5.41) is 19.1. The number of benzene rings is 1. The molecule has 1 saturated heterocycles. The van der Waals surface area contributed by atoms with Gasteiger partial charge in [-0.2, -0.15) is 0 Å². The van der Waals surface area contributed by atoms with Crippen LogP contribution in [0.4, 0.5) is 0 Å². The van der Waals surface area contributed by atoms with Crippen LogP contribution < -0.4 is 0 Å². The minimum absolute atomic E-state index is 0.0291. The van der Waals surface area contributed by atoms with Crippen LogP contribution in [0.5, 0.6) is 0 Å². The van der Waals surface area contributed by atoms with Gasteiger partial charge in [0.15, 0.2) is 0 Å². The van der Waals surface area contributed by atoms with Crippen LogP contribution >= 0.6 is 11.6 Å². The van der Waals surface area contributed by atoms with Crippen molar-refractivity contribution < 1.29 is 19.8 Å². The predicted molar refractivity (Wildman–Crippen MR) is 69.3 cm³/mol. The molecule has 0 spiro atoms. The highest BCUT2D eigenvalue weighted by Crippen LogP contribution is 2.23. The van der Waals surface area contributed by atoms with Crippen LogP contribution in [-0.2, 0) is 4.79 Å². The van der Waals surface area contributed by atoms with Gasteiger partial charge in [0.25, 0.3) is 5.91 Å². The lowest BCUT2D eigenvalue weighted by Gasteiger charge is -2.21. The van der Waals surface area contributed by atoms with Crippen LogP contribution in [0.1, 0.15) is 22.3 Å². The van der Waals surface area contributed by atoms with Crippen LogP contribution in [-0.4, -0.2) is 45.7 Å². The SMILES string of the molecule is Cc1ccc(C(=O)N2C[C@@H](O)C[C@H]2C(=O)O)cc1Cl. The zero-order valence-electron chi connectivity index (χ0n) is 10.3. The fourth-order valence-corrected chi connectivity index (χ4v) is 2.34. The number of hydrogen-bond acceptors (Lipinski definition) is 3. The quantitative estimate of drug-likeness (QED) is 0.858. The molecule has 1 aromatic rings. The number of likely N-dealkylation sites (tertiary alicyclic amines) is 1. The first-order valence-corrected chi connectivity index (χ1v) is 6.26. The Hall–Kier alpha value is -1.59. The van der Waals surface area contributed by atoms with E-state index in [1.807, 2.05) is 6.92 Å². The van der Waals surface area contributed by atoms with E-state index in [0.717, 1.165) is 5.56 Å². The summed E-state index contributed by atoms with van der Waals surface area (Å²) in [7, 11) is 0. The molecule has 1 aliphatic rings. The monoisotopic (exact) mass is 283 g/mol. The Bertz CT molecular complexity index is 531. The number of carboxylic acid groups (broad SMARTS) is 1. The van der Waals surface area contributed by atoms with Crippen molar-refractivity contribution in [3.05, 3.63) is 34.3 Å². The smallest absolute Gasteiger partial charge is 0.326 e. The summed E-state index contributed by atoms with van der Waals surface area (Å²) in [5.74, 6) is -1.53. The molecule has 2 rings (SSSR count). The van der Waals surface area contributed by atoms with Crippen molar-refractivity contribution in [2.45, 2.75) is 25.5 Å². The lowest BCUT2D eigenvalue weighted by molar-refractivity contribution is -0.141. The molecule has 0 saturated carbocycles. The van der Waals surface area contributed by atoms with Gasteiger partial charge in [0, 0.05) is 23.6 Å². The Morgan fingerprint density at radius 3 is 2.68 bits per heavy atom. The third-order valence-electron chi connectivity index (χ3n) is 3.24. The minimum atomic E-state index is -1.11. The van der Waals surface area contributed by atoms with E-state index in [0.29, 0.717) is 10.6 Å². The average molecular weight is 284 g/mol. The fraction of sp³-hybridized carbons (Fsp3) is 0.385. The van der Waals surface area contributed by atoms with Gasteiger partial charge in [0.2, 0.25) is 0 Å². The van der Waals surface area contributed by atoms with Crippen LogP contribution in [0, 0.1) is 6.92 Å². The number of carboxylic acids is 1.